The topological polar surface area (TPSA) is 90.7 Å². The van der Waals surface area contributed by atoms with Crippen LogP contribution in [0.1, 0.15) is 25.3 Å². The summed E-state index contributed by atoms with van der Waals surface area (Å²) in [7, 11) is -3.63. The summed E-state index contributed by atoms with van der Waals surface area (Å²) < 4.78 is 26.2. The minimum absolute atomic E-state index is 0.0385. The molecule has 1 aromatic heterocycles. The maximum absolute atomic E-state index is 12.5. The molecule has 116 valence electrons. The number of aromatic nitrogens is 1. The van der Waals surface area contributed by atoms with E-state index in [9.17, 15) is 8.42 Å². The molecule has 0 saturated heterocycles. The summed E-state index contributed by atoms with van der Waals surface area (Å²) in [6.07, 6.45) is 3.48. The van der Waals surface area contributed by atoms with Crippen LogP contribution in [-0.4, -0.2) is 54.2 Å². The van der Waals surface area contributed by atoms with Gasteiger partial charge in [-0.2, -0.15) is 4.31 Å². The normalized spacial score (nSPS) is 11.2. The van der Waals surface area contributed by atoms with Gasteiger partial charge in [-0.1, -0.05) is 18.8 Å². The molecule has 0 bridgehead atoms. The fourth-order valence-electron chi connectivity index (χ4n) is 1.69. The Labute approximate surface area is 125 Å². The number of sulfonamides is 1. The van der Waals surface area contributed by atoms with Gasteiger partial charge < -0.3 is 10.2 Å². The lowest BCUT2D eigenvalue weighted by atomic mass is 10.3. The van der Waals surface area contributed by atoms with E-state index in [4.69, 9.17) is 10.2 Å². The van der Waals surface area contributed by atoms with E-state index in [1.54, 1.807) is 6.92 Å². The molecule has 0 aromatic carbocycles. The molecule has 0 radical (unpaired) electrons. The Balaban J connectivity index is 3.03. The zero-order valence-electron chi connectivity index (χ0n) is 12.0. The van der Waals surface area contributed by atoms with E-state index in [0.717, 1.165) is 0 Å². The van der Waals surface area contributed by atoms with E-state index in [-0.39, 0.29) is 24.7 Å². The molecule has 0 fully saturated rings. The van der Waals surface area contributed by atoms with Gasteiger partial charge in [-0.3, -0.25) is 4.98 Å². The van der Waals surface area contributed by atoms with Crippen molar-refractivity contribution in [1.82, 2.24) is 9.29 Å². The Hall–Kier alpha value is -1.46. The zero-order chi connectivity index (χ0) is 15.7. The van der Waals surface area contributed by atoms with Crippen LogP contribution in [0.2, 0.25) is 0 Å². The van der Waals surface area contributed by atoms with Crippen molar-refractivity contribution in [1.29, 1.82) is 0 Å². The third kappa shape index (κ3) is 5.10. The van der Waals surface area contributed by atoms with Gasteiger partial charge in [-0.25, -0.2) is 8.42 Å². The second-order valence-corrected chi connectivity index (χ2v) is 6.20. The predicted octanol–water partition coefficient (Wildman–Crippen LogP) is 0.208. The molecule has 0 unspecified atom stereocenters. The van der Waals surface area contributed by atoms with Crippen LogP contribution in [0, 0.1) is 11.8 Å². The van der Waals surface area contributed by atoms with Crippen molar-refractivity contribution in [3.63, 3.8) is 0 Å². The Bertz CT molecular complexity index is 605. The Morgan fingerprint density at radius 1 is 1.29 bits per heavy atom. The zero-order valence-corrected chi connectivity index (χ0v) is 12.8. The molecular formula is C14H20N2O4S. The first-order chi connectivity index (χ1) is 10.1. The van der Waals surface area contributed by atoms with Crippen molar-refractivity contribution >= 4 is 10.0 Å². The predicted molar refractivity (Wildman–Crippen MR) is 79.0 cm³/mol. The molecule has 0 saturated carbocycles. The Morgan fingerprint density at radius 2 is 2.05 bits per heavy atom. The van der Waals surface area contributed by atoms with Gasteiger partial charge in [-0.15, -0.1) is 0 Å². The van der Waals surface area contributed by atoms with E-state index in [0.29, 0.717) is 24.9 Å². The molecule has 1 rings (SSSR count). The quantitative estimate of drug-likeness (QED) is 0.702. The first-order valence-electron chi connectivity index (χ1n) is 6.72. The van der Waals surface area contributed by atoms with E-state index in [1.807, 2.05) is 0 Å². The molecule has 0 atom stereocenters. The summed E-state index contributed by atoms with van der Waals surface area (Å²) >= 11 is 0. The Morgan fingerprint density at radius 3 is 2.67 bits per heavy atom. The van der Waals surface area contributed by atoms with Crippen LogP contribution in [0.4, 0.5) is 0 Å². The van der Waals surface area contributed by atoms with Crippen LogP contribution in [0.3, 0.4) is 0 Å². The number of nitrogens with zero attached hydrogens (tertiary/aromatic N) is 2. The SMILES string of the molecule is CCN(CCCO)S(=O)(=O)c1cncc(C#CCCO)c1. The smallest absolute Gasteiger partial charge is 0.244 e. The number of pyridine rings is 1. The van der Waals surface area contributed by atoms with Crippen molar-refractivity contribution in [3.8, 4) is 11.8 Å². The summed E-state index contributed by atoms with van der Waals surface area (Å²) in [5.41, 5.74) is 0.489. The molecule has 1 heterocycles. The van der Waals surface area contributed by atoms with Gasteiger partial charge in [0.2, 0.25) is 10.0 Å². The van der Waals surface area contributed by atoms with Crippen LogP contribution >= 0.6 is 0 Å². The van der Waals surface area contributed by atoms with Crippen LogP contribution in [-0.2, 0) is 10.0 Å². The summed E-state index contributed by atoms with van der Waals surface area (Å²) in [5.74, 6) is 5.49. The molecular weight excluding hydrogens is 292 g/mol. The van der Waals surface area contributed by atoms with Gasteiger partial charge in [0, 0.05) is 44.1 Å². The van der Waals surface area contributed by atoms with Crippen molar-refractivity contribution in [3.05, 3.63) is 24.0 Å². The van der Waals surface area contributed by atoms with E-state index in [2.05, 4.69) is 16.8 Å². The van der Waals surface area contributed by atoms with Gasteiger partial charge in [0.1, 0.15) is 4.90 Å². The highest BCUT2D eigenvalue weighted by Crippen LogP contribution is 2.15. The van der Waals surface area contributed by atoms with Crippen LogP contribution < -0.4 is 0 Å². The summed E-state index contributed by atoms with van der Waals surface area (Å²) in [5, 5.41) is 17.5. The Kier molecular flexibility index (Phi) is 7.32. The van der Waals surface area contributed by atoms with Crippen molar-refractivity contribution in [2.75, 3.05) is 26.3 Å². The van der Waals surface area contributed by atoms with Crippen LogP contribution in [0.5, 0.6) is 0 Å². The van der Waals surface area contributed by atoms with E-state index in [1.165, 1.54) is 22.8 Å². The van der Waals surface area contributed by atoms with Crippen LogP contribution in [0.15, 0.2) is 23.4 Å². The number of rotatable bonds is 7. The molecule has 0 spiro atoms. The first-order valence-corrected chi connectivity index (χ1v) is 8.16. The second kappa shape index (κ2) is 8.74. The lowest BCUT2D eigenvalue weighted by molar-refractivity contribution is 0.271. The fourth-order valence-corrected chi connectivity index (χ4v) is 3.17. The molecule has 7 heteroatoms. The summed E-state index contributed by atoms with van der Waals surface area (Å²) in [6.45, 7) is 2.23. The standard InChI is InChI=1S/C14H20N2O4S/c1-2-16(7-5-9-18)21(19,20)14-10-13(11-15-12-14)6-3-4-8-17/h10-12,17-18H,2,4-5,7-9H2,1H3. The van der Waals surface area contributed by atoms with Crippen molar-refractivity contribution < 1.29 is 18.6 Å². The number of aliphatic hydroxyl groups excluding tert-OH is 2. The highest BCUT2D eigenvalue weighted by Gasteiger charge is 2.23. The number of hydrogen-bond acceptors (Lipinski definition) is 5. The lowest BCUT2D eigenvalue weighted by Crippen LogP contribution is -2.32. The fraction of sp³-hybridized carbons (Fsp3) is 0.500. The molecule has 6 nitrogen and oxygen atoms in total. The van der Waals surface area contributed by atoms with Gasteiger partial charge in [0.15, 0.2) is 0 Å². The molecule has 0 aliphatic carbocycles. The average molecular weight is 312 g/mol. The maximum Gasteiger partial charge on any atom is 0.244 e. The minimum atomic E-state index is -3.63. The molecule has 1 aromatic rings. The van der Waals surface area contributed by atoms with Gasteiger partial charge >= 0.3 is 0 Å². The number of aliphatic hydroxyl groups is 2. The molecule has 0 aliphatic rings. The molecule has 0 aliphatic heterocycles. The average Bonchev–Trinajstić information content (AvgIpc) is 2.48. The molecule has 21 heavy (non-hydrogen) atoms. The number of hydrogen-bond donors (Lipinski definition) is 2. The van der Waals surface area contributed by atoms with E-state index >= 15 is 0 Å². The molecule has 0 amide bonds. The largest absolute Gasteiger partial charge is 0.396 e. The van der Waals surface area contributed by atoms with Crippen molar-refractivity contribution in [2.45, 2.75) is 24.7 Å². The summed E-state index contributed by atoms with van der Waals surface area (Å²) in [6, 6.07) is 1.47. The highest BCUT2D eigenvalue weighted by atomic mass is 32.2. The van der Waals surface area contributed by atoms with Crippen molar-refractivity contribution in [2.24, 2.45) is 0 Å². The lowest BCUT2D eigenvalue weighted by Gasteiger charge is -2.19. The van der Waals surface area contributed by atoms with E-state index < -0.39 is 10.0 Å². The monoisotopic (exact) mass is 312 g/mol. The summed E-state index contributed by atoms with van der Waals surface area (Å²) in [4.78, 5) is 3.99. The van der Waals surface area contributed by atoms with Gasteiger partial charge in [0.25, 0.3) is 0 Å². The highest BCUT2D eigenvalue weighted by molar-refractivity contribution is 7.89. The second-order valence-electron chi connectivity index (χ2n) is 4.26. The van der Waals surface area contributed by atoms with Gasteiger partial charge in [0.05, 0.1) is 6.61 Å². The van der Waals surface area contributed by atoms with Gasteiger partial charge in [-0.05, 0) is 12.5 Å². The third-order valence-electron chi connectivity index (χ3n) is 2.74. The van der Waals surface area contributed by atoms with Crippen LogP contribution in [0.25, 0.3) is 0 Å². The first kappa shape index (κ1) is 17.6. The third-order valence-corrected chi connectivity index (χ3v) is 4.68. The molecule has 2 N–H and O–H groups in total. The maximum atomic E-state index is 12.5. The minimum Gasteiger partial charge on any atom is -0.396 e.